The Morgan fingerprint density at radius 3 is 2.66 bits per heavy atom. The average molecular weight is 475 g/mol. The highest BCUT2D eigenvalue weighted by molar-refractivity contribution is 8.14. The van der Waals surface area contributed by atoms with E-state index in [2.05, 4.69) is 21.3 Å². The number of thioether (sulfide) groups is 1. The van der Waals surface area contributed by atoms with Crippen molar-refractivity contribution in [2.24, 2.45) is 0 Å². The largest absolute Gasteiger partial charge is 0.379 e. The van der Waals surface area contributed by atoms with Crippen molar-refractivity contribution in [1.82, 2.24) is 14.8 Å². The number of carbonyl (C=O) groups excluding carboxylic acids is 3. The Morgan fingerprint density at radius 2 is 1.91 bits per heavy atom. The van der Waals surface area contributed by atoms with Crippen LogP contribution < -0.4 is 5.32 Å². The Labute approximate surface area is 195 Å². The minimum Gasteiger partial charge on any atom is -0.379 e. The van der Waals surface area contributed by atoms with Crippen molar-refractivity contribution in [3.8, 4) is 0 Å². The Kier molecular flexibility index (Phi) is 6.71. The topological polar surface area (TPSA) is 94.7 Å². The van der Waals surface area contributed by atoms with Gasteiger partial charge in [-0.3, -0.25) is 24.2 Å². The molecule has 0 unspecified atom stereocenters. The molecule has 3 aliphatic heterocycles. The number of amides is 3. The van der Waals surface area contributed by atoms with E-state index in [-0.39, 0.29) is 41.8 Å². The molecule has 5 rings (SSSR count). The average Bonchev–Trinajstić information content (AvgIpc) is 3.43. The van der Waals surface area contributed by atoms with Gasteiger partial charge in [-0.2, -0.15) is 0 Å². The van der Waals surface area contributed by atoms with Gasteiger partial charge in [0.25, 0.3) is 11.1 Å². The summed E-state index contributed by atoms with van der Waals surface area (Å²) in [5.41, 5.74) is 4.91. The number of benzene rings is 1. The highest BCUT2D eigenvalue weighted by atomic mass is 35.5. The van der Waals surface area contributed by atoms with Crippen molar-refractivity contribution >= 4 is 58.6 Å². The molecule has 10 heteroatoms. The highest BCUT2D eigenvalue weighted by Gasteiger charge is 2.31. The summed E-state index contributed by atoms with van der Waals surface area (Å²) in [5.74, 6) is -0.151. The van der Waals surface area contributed by atoms with Gasteiger partial charge in [0.2, 0.25) is 5.91 Å². The van der Waals surface area contributed by atoms with Gasteiger partial charge in [-0.1, -0.05) is 17.8 Å². The van der Waals surface area contributed by atoms with E-state index in [1.54, 1.807) is 0 Å². The molecular formula is C22H23ClN4O4S. The molecule has 2 fully saturated rings. The Balaban J connectivity index is 0.00000245. The summed E-state index contributed by atoms with van der Waals surface area (Å²) in [6.07, 6.45) is 3.77. The van der Waals surface area contributed by atoms with Crippen molar-refractivity contribution in [1.29, 1.82) is 0 Å². The maximum atomic E-state index is 12.6. The summed E-state index contributed by atoms with van der Waals surface area (Å²) < 4.78 is 5.39. The number of morpholine rings is 1. The molecule has 0 radical (unpaired) electrons. The van der Waals surface area contributed by atoms with Crippen LogP contribution in [0.4, 0.5) is 10.5 Å². The van der Waals surface area contributed by atoms with E-state index >= 15 is 0 Å². The van der Waals surface area contributed by atoms with E-state index < -0.39 is 0 Å². The van der Waals surface area contributed by atoms with Gasteiger partial charge in [-0.25, -0.2) is 0 Å². The lowest BCUT2D eigenvalue weighted by Gasteiger charge is -2.25. The van der Waals surface area contributed by atoms with E-state index in [9.17, 15) is 14.4 Å². The lowest BCUT2D eigenvalue weighted by Crippen LogP contribution is -2.35. The molecule has 2 aromatic rings. The first-order valence-corrected chi connectivity index (χ1v) is 11.2. The van der Waals surface area contributed by atoms with E-state index in [1.807, 2.05) is 30.5 Å². The first-order chi connectivity index (χ1) is 15.1. The van der Waals surface area contributed by atoms with Crippen molar-refractivity contribution in [2.45, 2.75) is 13.1 Å². The molecule has 3 aliphatic rings. The molecule has 1 aromatic heterocycles. The molecule has 32 heavy (non-hydrogen) atoms. The number of anilines is 1. The molecule has 0 saturated carbocycles. The number of ether oxygens (including phenoxy) is 1. The predicted octanol–water partition coefficient (Wildman–Crippen LogP) is 2.96. The third kappa shape index (κ3) is 4.61. The molecule has 1 aromatic carbocycles. The number of halogens is 1. The SMILES string of the molecule is Cl.O=C1Nc2ccc(CN3C(=O)CSC3=O)cc2C1=Cc1c[nH]c(CN2CCOCC2)c1. The van der Waals surface area contributed by atoms with Gasteiger partial charge in [0, 0.05) is 48.3 Å². The fourth-order valence-electron chi connectivity index (χ4n) is 4.00. The number of aromatic amines is 1. The molecular weight excluding hydrogens is 452 g/mol. The van der Waals surface area contributed by atoms with Crippen LogP contribution in [-0.4, -0.2) is 63.9 Å². The minimum atomic E-state index is -0.226. The minimum absolute atomic E-state index is 0. The zero-order chi connectivity index (χ0) is 21.4. The van der Waals surface area contributed by atoms with Gasteiger partial charge in [0.05, 0.1) is 25.5 Å². The number of hydrogen-bond donors (Lipinski definition) is 2. The second-order valence-electron chi connectivity index (χ2n) is 7.77. The van der Waals surface area contributed by atoms with E-state index in [4.69, 9.17) is 4.74 Å². The summed E-state index contributed by atoms with van der Waals surface area (Å²) in [4.78, 5) is 43.3. The summed E-state index contributed by atoms with van der Waals surface area (Å²) in [5, 5.41) is 2.66. The Bertz CT molecular complexity index is 1080. The number of H-pyrrole nitrogens is 1. The number of fused-ring (bicyclic) bond motifs is 1. The quantitative estimate of drug-likeness (QED) is 0.647. The van der Waals surface area contributed by atoms with Gasteiger partial charge >= 0.3 is 0 Å². The fraction of sp³-hybridized carbons (Fsp3) is 0.318. The van der Waals surface area contributed by atoms with Crippen molar-refractivity contribution in [3.05, 3.63) is 52.8 Å². The van der Waals surface area contributed by atoms with Crippen LogP contribution in [-0.2, 0) is 27.4 Å². The lowest BCUT2D eigenvalue weighted by atomic mass is 10.0. The van der Waals surface area contributed by atoms with Crippen LogP contribution in [0.3, 0.4) is 0 Å². The van der Waals surface area contributed by atoms with Gasteiger partial charge in [0.1, 0.15) is 0 Å². The number of nitrogens with one attached hydrogen (secondary N) is 2. The highest BCUT2D eigenvalue weighted by Crippen LogP contribution is 2.34. The van der Waals surface area contributed by atoms with Crippen molar-refractivity contribution in [3.63, 3.8) is 0 Å². The van der Waals surface area contributed by atoms with Crippen LogP contribution in [0.5, 0.6) is 0 Å². The van der Waals surface area contributed by atoms with Gasteiger partial charge in [0.15, 0.2) is 0 Å². The number of nitrogens with zero attached hydrogens (tertiary/aromatic N) is 2. The monoisotopic (exact) mass is 474 g/mol. The molecule has 0 aliphatic carbocycles. The van der Waals surface area contributed by atoms with E-state index in [0.29, 0.717) is 5.57 Å². The van der Waals surface area contributed by atoms with Gasteiger partial charge < -0.3 is 15.0 Å². The molecule has 0 spiro atoms. The van der Waals surface area contributed by atoms with Gasteiger partial charge in [-0.15, -0.1) is 12.4 Å². The summed E-state index contributed by atoms with van der Waals surface area (Å²) >= 11 is 1.02. The van der Waals surface area contributed by atoms with Crippen LogP contribution in [0.15, 0.2) is 30.5 Å². The van der Waals surface area contributed by atoms with Crippen LogP contribution in [0.25, 0.3) is 11.6 Å². The summed E-state index contributed by atoms with van der Waals surface area (Å²) in [6.45, 7) is 4.36. The Morgan fingerprint density at radius 1 is 1.09 bits per heavy atom. The van der Waals surface area contributed by atoms with E-state index in [1.165, 1.54) is 4.90 Å². The van der Waals surface area contributed by atoms with Crippen molar-refractivity contribution < 1.29 is 19.1 Å². The van der Waals surface area contributed by atoms with Crippen LogP contribution in [0.1, 0.15) is 22.4 Å². The summed E-state index contributed by atoms with van der Waals surface area (Å²) in [6, 6.07) is 7.59. The zero-order valence-corrected chi connectivity index (χ0v) is 18.9. The number of hydrogen-bond acceptors (Lipinski definition) is 6. The van der Waals surface area contributed by atoms with Gasteiger partial charge in [-0.05, 0) is 35.4 Å². The maximum Gasteiger partial charge on any atom is 0.289 e. The molecule has 4 heterocycles. The first kappa shape index (κ1) is 22.6. The second-order valence-corrected chi connectivity index (χ2v) is 8.70. The molecule has 3 amide bonds. The number of aromatic nitrogens is 1. The standard InChI is InChI=1S/C22H22N4O4S.ClH/c27-20-13-31-22(29)26(20)11-14-1-2-19-17(8-14)18(21(28)24-19)9-15-7-16(23-10-15)12-25-3-5-30-6-4-25;/h1-2,7-10,23H,3-6,11-13H2,(H,24,28);1H. The summed E-state index contributed by atoms with van der Waals surface area (Å²) in [7, 11) is 0. The van der Waals surface area contributed by atoms with Crippen LogP contribution >= 0.6 is 24.2 Å². The third-order valence-corrected chi connectivity index (χ3v) is 6.48. The fourth-order valence-corrected chi connectivity index (χ4v) is 4.72. The van der Waals surface area contributed by atoms with Crippen LogP contribution in [0.2, 0.25) is 0 Å². The number of carbonyl (C=O) groups is 3. The lowest BCUT2D eigenvalue weighted by molar-refractivity contribution is -0.125. The van der Waals surface area contributed by atoms with E-state index in [0.717, 1.165) is 72.7 Å². The second kappa shape index (κ2) is 9.50. The van der Waals surface area contributed by atoms with Crippen molar-refractivity contribution in [2.75, 3.05) is 37.4 Å². The molecule has 0 atom stereocenters. The molecule has 0 bridgehead atoms. The number of rotatable bonds is 5. The normalized spacial score (nSPS) is 19.9. The molecule has 8 nitrogen and oxygen atoms in total. The van der Waals surface area contributed by atoms with Crippen LogP contribution in [0, 0.1) is 0 Å². The molecule has 168 valence electrons. The maximum absolute atomic E-state index is 12.6. The third-order valence-electron chi connectivity index (χ3n) is 5.62. The Hall–Kier alpha value is -2.59. The number of imide groups is 1. The zero-order valence-electron chi connectivity index (χ0n) is 17.3. The predicted molar refractivity (Wildman–Crippen MR) is 125 cm³/mol. The molecule has 2 N–H and O–H groups in total. The first-order valence-electron chi connectivity index (χ1n) is 10.2. The molecule has 2 saturated heterocycles. The smallest absolute Gasteiger partial charge is 0.289 e.